The number of fused-ring (bicyclic) bond motifs is 1. The molecule has 2 aromatic carbocycles. The van der Waals surface area contributed by atoms with E-state index in [1.165, 1.54) is 11.0 Å². The molecule has 2 aliphatic heterocycles. The molecule has 2 N–H and O–H groups in total. The van der Waals surface area contributed by atoms with Crippen molar-refractivity contribution in [1.82, 2.24) is 10.2 Å². The summed E-state index contributed by atoms with van der Waals surface area (Å²) in [6, 6.07) is 9.15. The van der Waals surface area contributed by atoms with Crippen LogP contribution in [0.5, 0.6) is 0 Å². The minimum atomic E-state index is -0.687. The molecule has 0 unspecified atom stereocenters. The molecule has 0 bridgehead atoms. The summed E-state index contributed by atoms with van der Waals surface area (Å²) in [5, 5.41) is 5.42. The van der Waals surface area contributed by atoms with Gasteiger partial charge in [0.15, 0.2) is 0 Å². The first-order valence-corrected chi connectivity index (χ1v) is 9.15. The third-order valence-electron chi connectivity index (χ3n) is 5.23. The average molecular weight is 392 g/mol. The Balaban J connectivity index is 1.55. The predicted molar refractivity (Wildman–Crippen MR) is 102 cm³/mol. The normalized spacial score (nSPS) is 18.3. The van der Waals surface area contributed by atoms with Crippen LogP contribution in [0.1, 0.15) is 34.3 Å². The number of hydrogen-bond acceptors (Lipinski definition) is 4. The second-order valence-corrected chi connectivity index (χ2v) is 6.95. The van der Waals surface area contributed by atoms with E-state index < -0.39 is 17.8 Å². The van der Waals surface area contributed by atoms with Gasteiger partial charge in [-0.05, 0) is 24.1 Å². The van der Waals surface area contributed by atoms with Gasteiger partial charge in [0, 0.05) is 36.3 Å². The molecule has 1 atom stereocenters. The van der Waals surface area contributed by atoms with Crippen molar-refractivity contribution in [2.45, 2.75) is 32.0 Å². The zero-order valence-electron chi connectivity index (χ0n) is 15.4. The Morgan fingerprint density at radius 2 is 2.00 bits per heavy atom. The molecule has 7 nitrogen and oxygen atoms in total. The second kappa shape index (κ2) is 7.36. The number of anilines is 1. The fourth-order valence-electron chi connectivity index (χ4n) is 3.73. The molecular formula is C21H17FN4O3. The van der Waals surface area contributed by atoms with Crippen LogP contribution in [0.2, 0.25) is 0 Å². The Labute approximate surface area is 166 Å². The van der Waals surface area contributed by atoms with Gasteiger partial charge in [-0.1, -0.05) is 24.3 Å². The van der Waals surface area contributed by atoms with Crippen molar-refractivity contribution in [3.05, 3.63) is 70.3 Å². The SMILES string of the molecule is [C-]#[N+]c1cccc(CNc2cccc3c2CN([C@H]2CCC(=O)NC2=O)C3=O)c1F. The summed E-state index contributed by atoms with van der Waals surface area (Å²) in [6.45, 7) is 7.40. The summed E-state index contributed by atoms with van der Waals surface area (Å²) in [6.07, 6.45) is 0.486. The van der Waals surface area contributed by atoms with Crippen LogP contribution in [0.25, 0.3) is 4.85 Å². The number of hydrogen-bond donors (Lipinski definition) is 2. The van der Waals surface area contributed by atoms with Crippen LogP contribution in [-0.2, 0) is 22.7 Å². The summed E-state index contributed by atoms with van der Waals surface area (Å²) in [7, 11) is 0. The number of benzene rings is 2. The third kappa shape index (κ3) is 3.31. The number of rotatable bonds is 4. The highest BCUT2D eigenvalue weighted by Crippen LogP contribution is 2.32. The molecule has 0 spiro atoms. The molecule has 2 aromatic rings. The maximum absolute atomic E-state index is 14.3. The van der Waals surface area contributed by atoms with Crippen molar-refractivity contribution in [2.24, 2.45) is 0 Å². The topological polar surface area (TPSA) is 82.9 Å². The number of nitrogens with zero attached hydrogens (tertiary/aromatic N) is 2. The van der Waals surface area contributed by atoms with Gasteiger partial charge in [0.25, 0.3) is 5.91 Å². The molecule has 8 heteroatoms. The van der Waals surface area contributed by atoms with Crippen LogP contribution < -0.4 is 10.6 Å². The molecule has 4 rings (SSSR count). The first-order chi connectivity index (χ1) is 14.0. The smallest absolute Gasteiger partial charge is 0.255 e. The molecule has 0 aliphatic carbocycles. The molecule has 0 saturated carbocycles. The Bertz CT molecular complexity index is 1080. The van der Waals surface area contributed by atoms with Crippen molar-refractivity contribution in [1.29, 1.82) is 0 Å². The largest absolute Gasteiger partial charge is 0.381 e. The number of nitrogens with one attached hydrogen (secondary N) is 2. The van der Waals surface area contributed by atoms with E-state index in [9.17, 15) is 18.8 Å². The van der Waals surface area contributed by atoms with Crippen molar-refractivity contribution < 1.29 is 18.8 Å². The molecule has 1 fully saturated rings. The lowest BCUT2D eigenvalue weighted by molar-refractivity contribution is -0.136. The van der Waals surface area contributed by atoms with E-state index in [0.717, 1.165) is 5.56 Å². The lowest BCUT2D eigenvalue weighted by atomic mass is 10.0. The number of carbonyl (C=O) groups excluding carboxylic acids is 3. The summed E-state index contributed by atoms with van der Waals surface area (Å²) in [4.78, 5) is 41.0. The van der Waals surface area contributed by atoms with E-state index in [0.29, 0.717) is 23.2 Å². The maximum atomic E-state index is 14.3. The van der Waals surface area contributed by atoms with E-state index in [-0.39, 0.29) is 37.0 Å². The van der Waals surface area contributed by atoms with E-state index in [1.54, 1.807) is 30.3 Å². The zero-order valence-corrected chi connectivity index (χ0v) is 15.4. The van der Waals surface area contributed by atoms with Crippen molar-refractivity contribution in [3.8, 4) is 0 Å². The third-order valence-corrected chi connectivity index (χ3v) is 5.23. The second-order valence-electron chi connectivity index (χ2n) is 6.95. The minimum Gasteiger partial charge on any atom is -0.381 e. The summed E-state index contributed by atoms with van der Waals surface area (Å²) >= 11 is 0. The van der Waals surface area contributed by atoms with Crippen molar-refractivity contribution >= 4 is 29.1 Å². The molecule has 0 radical (unpaired) electrons. The molecule has 2 heterocycles. The Hall–Kier alpha value is -3.73. The van der Waals surface area contributed by atoms with Gasteiger partial charge < -0.3 is 10.2 Å². The fraction of sp³-hybridized carbons (Fsp3) is 0.238. The van der Waals surface area contributed by atoms with Gasteiger partial charge in [-0.3, -0.25) is 19.7 Å². The van der Waals surface area contributed by atoms with Crippen molar-refractivity contribution in [2.75, 3.05) is 5.32 Å². The van der Waals surface area contributed by atoms with Gasteiger partial charge in [0.1, 0.15) is 11.9 Å². The van der Waals surface area contributed by atoms with Crippen LogP contribution in [0.4, 0.5) is 15.8 Å². The minimum absolute atomic E-state index is 0.0400. The zero-order chi connectivity index (χ0) is 20.5. The summed E-state index contributed by atoms with van der Waals surface area (Å²) in [5.41, 5.74) is 2.18. The Kier molecular flexibility index (Phi) is 4.72. The maximum Gasteiger partial charge on any atom is 0.255 e. The van der Waals surface area contributed by atoms with Crippen LogP contribution in [0.3, 0.4) is 0 Å². The summed E-state index contributed by atoms with van der Waals surface area (Å²) < 4.78 is 14.3. The standard InChI is InChI=1S/C21H17FN4O3/c1-23-16-7-2-4-12(19(16)22)10-24-15-6-3-5-13-14(15)11-26(21(13)29)17-8-9-18(27)25-20(17)28/h2-7,17,24H,8-11H2,(H,25,27,28)/t17-/m0/s1. The van der Waals surface area contributed by atoms with E-state index in [1.807, 2.05) is 0 Å². The van der Waals surface area contributed by atoms with E-state index in [4.69, 9.17) is 6.57 Å². The number of piperidine rings is 1. The lowest BCUT2D eigenvalue weighted by Crippen LogP contribution is -2.52. The van der Waals surface area contributed by atoms with Crippen molar-refractivity contribution in [3.63, 3.8) is 0 Å². The molecular weight excluding hydrogens is 375 g/mol. The number of carbonyl (C=O) groups is 3. The molecule has 2 aliphatic rings. The van der Waals surface area contributed by atoms with E-state index >= 15 is 0 Å². The molecule has 3 amide bonds. The van der Waals surface area contributed by atoms with Gasteiger partial charge in [0.05, 0.1) is 6.57 Å². The van der Waals surface area contributed by atoms with E-state index in [2.05, 4.69) is 15.5 Å². The van der Waals surface area contributed by atoms with Gasteiger partial charge >= 0.3 is 0 Å². The highest BCUT2D eigenvalue weighted by Gasteiger charge is 2.39. The highest BCUT2D eigenvalue weighted by molar-refractivity contribution is 6.06. The molecule has 146 valence electrons. The number of halogens is 1. The molecule has 0 aromatic heterocycles. The van der Waals surface area contributed by atoms with Gasteiger partial charge in [-0.2, -0.15) is 0 Å². The van der Waals surface area contributed by atoms with Crippen LogP contribution >= 0.6 is 0 Å². The van der Waals surface area contributed by atoms with Gasteiger partial charge in [-0.15, -0.1) is 0 Å². The van der Waals surface area contributed by atoms with Crippen LogP contribution in [0, 0.1) is 12.4 Å². The number of imide groups is 1. The molecule has 1 saturated heterocycles. The van der Waals surface area contributed by atoms with Crippen LogP contribution in [0.15, 0.2) is 36.4 Å². The summed E-state index contributed by atoms with van der Waals surface area (Å²) in [5.74, 6) is -1.63. The first kappa shape index (κ1) is 18.6. The number of amides is 3. The Morgan fingerprint density at radius 3 is 2.76 bits per heavy atom. The van der Waals surface area contributed by atoms with Gasteiger partial charge in [-0.25, -0.2) is 9.24 Å². The monoisotopic (exact) mass is 392 g/mol. The molecule has 29 heavy (non-hydrogen) atoms. The Morgan fingerprint density at radius 1 is 1.21 bits per heavy atom. The quantitative estimate of drug-likeness (QED) is 0.619. The van der Waals surface area contributed by atoms with Gasteiger partial charge in [0.2, 0.25) is 17.5 Å². The lowest BCUT2D eigenvalue weighted by Gasteiger charge is -2.29. The first-order valence-electron chi connectivity index (χ1n) is 9.15. The predicted octanol–water partition coefficient (Wildman–Crippen LogP) is 2.75. The van der Waals surface area contributed by atoms with Crippen LogP contribution in [-0.4, -0.2) is 28.7 Å². The highest BCUT2D eigenvalue weighted by atomic mass is 19.1. The average Bonchev–Trinajstić information content (AvgIpc) is 3.04. The fourth-order valence-corrected chi connectivity index (χ4v) is 3.73.